The lowest BCUT2D eigenvalue weighted by Gasteiger charge is -2.26. The van der Waals surface area contributed by atoms with Gasteiger partial charge in [-0.15, -0.1) is 0 Å². The number of carbonyl (C=O) groups is 1. The van der Waals surface area contributed by atoms with E-state index in [1.54, 1.807) is 13.2 Å². The van der Waals surface area contributed by atoms with Crippen molar-refractivity contribution in [3.63, 3.8) is 0 Å². The smallest absolute Gasteiger partial charge is 0.187 e. The lowest BCUT2D eigenvalue weighted by atomic mass is 9.98. The Morgan fingerprint density at radius 1 is 0.972 bits per heavy atom. The zero-order valence-corrected chi connectivity index (χ0v) is 21.9. The fraction of sp³-hybridized carbons (Fsp3) is 0.323. The van der Waals surface area contributed by atoms with E-state index in [0.29, 0.717) is 0 Å². The van der Waals surface area contributed by atoms with Crippen molar-refractivity contribution in [2.24, 2.45) is 0 Å². The van der Waals surface area contributed by atoms with Crippen LogP contribution < -0.4 is 9.64 Å². The average molecular weight is 484 g/mol. The van der Waals surface area contributed by atoms with Crippen LogP contribution in [0.5, 0.6) is 5.75 Å². The number of para-hydroxylation sites is 1. The van der Waals surface area contributed by atoms with Gasteiger partial charge in [0.25, 0.3) is 0 Å². The van der Waals surface area contributed by atoms with E-state index < -0.39 is 0 Å². The molecule has 1 aliphatic rings. The number of ether oxygens (including phenoxy) is 1. The minimum absolute atomic E-state index is 0.0205. The maximum Gasteiger partial charge on any atom is 0.187 e. The third kappa shape index (κ3) is 6.42. The lowest BCUT2D eigenvalue weighted by Crippen LogP contribution is -2.29. The summed E-state index contributed by atoms with van der Waals surface area (Å²) < 4.78 is 5.62. The first-order valence-corrected chi connectivity index (χ1v) is 12.6. The Bertz CT molecular complexity index is 1220. The Balaban J connectivity index is 1.68. The molecule has 36 heavy (non-hydrogen) atoms. The summed E-state index contributed by atoms with van der Waals surface area (Å²) in [5.74, 6) is 0.850. The van der Waals surface area contributed by atoms with Gasteiger partial charge in [-0.3, -0.25) is 4.79 Å². The summed E-state index contributed by atoms with van der Waals surface area (Å²) in [4.78, 5) is 20.4. The van der Waals surface area contributed by atoms with Gasteiger partial charge in [0, 0.05) is 43.0 Å². The number of rotatable bonds is 8. The molecule has 0 bridgehead atoms. The molecule has 1 aliphatic heterocycles. The van der Waals surface area contributed by atoms with Crippen molar-refractivity contribution in [2.45, 2.75) is 13.0 Å². The van der Waals surface area contributed by atoms with E-state index in [9.17, 15) is 4.79 Å². The molecular formula is C31H37N3O2. The number of anilines is 1. The lowest BCUT2D eigenvalue weighted by molar-refractivity contribution is 0.104. The van der Waals surface area contributed by atoms with E-state index in [1.807, 2.05) is 48.5 Å². The van der Waals surface area contributed by atoms with Gasteiger partial charge in [-0.2, -0.15) is 0 Å². The number of ketones is 1. The number of methoxy groups -OCH3 is 1. The van der Waals surface area contributed by atoms with Gasteiger partial charge in [0.1, 0.15) is 5.75 Å². The molecule has 0 amide bonds. The largest absolute Gasteiger partial charge is 0.496 e. The molecule has 188 valence electrons. The predicted molar refractivity (Wildman–Crippen MR) is 150 cm³/mol. The summed E-state index contributed by atoms with van der Waals surface area (Å²) in [5.41, 5.74) is 6.07. The van der Waals surface area contributed by atoms with Crippen LogP contribution in [-0.4, -0.2) is 70.0 Å². The molecule has 0 atom stereocenters. The van der Waals surface area contributed by atoms with Gasteiger partial charge < -0.3 is 19.4 Å². The second-order valence-corrected chi connectivity index (χ2v) is 9.76. The van der Waals surface area contributed by atoms with Crippen LogP contribution in [0.4, 0.5) is 5.69 Å². The van der Waals surface area contributed by atoms with Gasteiger partial charge >= 0.3 is 0 Å². The van der Waals surface area contributed by atoms with Gasteiger partial charge in [0.05, 0.1) is 7.11 Å². The monoisotopic (exact) mass is 483 g/mol. The van der Waals surface area contributed by atoms with Crippen LogP contribution in [0.25, 0.3) is 17.2 Å². The molecule has 3 aromatic rings. The number of nitrogens with zero attached hydrogens (tertiary/aromatic N) is 3. The topological polar surface area (TPSA) is 36.0 Å². The Morgan fingerprint density at radius 3 is 2.61 bits per heavy atom. The molecule has 3 aromatic carbocycles. The molecule has 1 fully saturated rings. The zero-order valence-electron chi connectivity index (χ0n) is 21.9. The zero-order chi connectivity index (χ0) is 25.5. The third-order valence-corrected chi connectivity index (χ3v) is 6.62. The Hall–Kier alpha value is -3.41. The number of benzene rings is 3. The SMILES string of the molecule is COc1ccccc1-c1ccc(C(=O)C=Cc2cccc(CN(C)C)c2)c(N2CCCN(C)CC2)c1. The van der Waals surface area contributed by atoms with Gasteiger partial charge in [0.15, 0.2) is 5.78 Å². The summed E-state index contributed by atoms with van der Waals surface area (Å²) in [6.45, 7) is 4.72. The molecule has 4 rings (SSSR count). The van der Waals surface area contributed by atoms with Crippen molar-refractivity contribution < 1.29 is 9.53 Å². The summed E-state index contributed by atoms with van der Waals surface area (Å²) in [7, 11) is 7.97. The molecule has 0 aromatic heterocycles. The summed E-state index contributed by atoms with van der Waals surface area (Å²) in [5, 5.41) is 0. The second-order valence-electron chi connectivity index (χ2n) is 9.76. The number of hydrogen-bond acceptors (Lipinski definition) is 5. The van der Waals surface area contributed by atoms with Crippen LogP contribution in [-0.2, 0) is 6.54 Å². The Kier molecular flexibility index (Phi) is 8.57. The highest BCUT2D eigenvalue weighted by atomic mass is 16.5. The van der Waals surface area contributed by atoms with Crippen LogP contribution in [0.2, 0.25) is 0 Å². The first kappa shape index (κ1) is 25.7. The van der Waals surface area contributed by atoms with Crippen LogP contribution in [0.3, 0.4) is 0 Å². The predicted octanol–water partition coefficient (Wildman–Crippen LogP) is 5.46. The first-order valence-electron chi connectivity index (χ1n) is 12.6. The van der Waals surface area contributed by atoms with Crippen molar-refractivity contribution in [3.8, 4) is 16.9 Å². The normalized spacial score (nSPS) is 14.9. The Labute approximate surface area is 215 Å². The average Bonchev–Trinajstić information content (AvgIpc) is 3.11. The molecular weight excluding hydrogens is 446 g/mol. The van der Waals surface area contributed by atoms with Crippen LogP contribution in [0, 0.1) is 0 Å². The molecule has 0 saturated carbocycles. The number of allylic oxidation sites excluding steroid dienone is 1. The van der Waals surface area contributed by atoms with E-state index in [4.69, 9.17) is 4.74 Å². The highest BCUT2D eigenvalue weighted by molar-refractivity contribution is 6.11. The van der Waals surface area contributed by atoms with Gasteiger partial charge in [-0.05, 0) is 75.1 Å². The highest BCUT2D eigenvalue weighted by Gasteiger charge is 2.20. The highest BCUT2D eigenvalue weighted by Crippen LogP contribution is 2.34. The molecule has 5 heteroatoms. The fourth-order valence-electron chi connectivity index (χ4n) is 4.76. The maximum atomic E-state index is 13.5. The van der Waals surface area contributed by atoms with E-state index >= 15 is 0 Å². The standard InChI is InChI=1S/C31H37N3O2/c1-32(2)23-25-10-7-9-24(21-25)13-16-30(35)28-15-14-26(27-11-5-6-12-31(27)36-4)22-29(28)34-18-8-17-33(3)19-20-34/h5-7,9-16,21-22H,8,17-20,23H2,1-4H3. The number of carbonyl (C=O) groups excluding carboxylic acids is 1. The van der Waals surface area contributed by atoms with Crippen LogP contribution in [0.15, 0.2) is 72.8 Å². The minimum Gasteiger partial charge on any atom is -0.496 e. The van der Waals surface area contributed by atoms with E-state index in [1.165, 1.54) is 5.56 Å². The molecule has 0 spiro atoms. The molecule has 0 aliphatic carbocycles. The third-order valence-electron chi connectivity index (χ3n) is 6.62. The van der Waals surface area contributed by atoms with Crippen LogP contribution >= 0.6 is 0 Å². The van der Waals surface area contributed by atoms with Gasteiger partial charge in [-0.25, -0.2) is 0 Å². The minimum atomic E-state index is 0.0205. The van der Waals surface area contributed by atoms with Gasteiger partial charge in [0.2, 0.25) is 0 Å². The first-order chi connectivity index (χ1) is 17.4. The van der Waals surface area contributed by atoms with E-state index in [-0.39, 0.29) is 5.78 Å². The fourth-order valence-corrected chi connectivity index (χ4v) is 4.76. The Morgan fingerprint density at radius 2 is 1.81 bits per heavy atom. The van der Waals surface area contributed by atoms with Gasteiger partial charge in [-0.1, -0.05) is 54.6 Å². The van der Waals surface area contributed by atoms with Crippen LogP contribution in [0.1, 0.15) is 27.9 Å². The van der Waals surface area contributed by atoms with E-state index in [0.717, 1.165) is 72.8 Å². The molecule has 0 N–H and O–H groups in total. The van der Waals surface area contributed by atoms with E-state index in [2.05, 4.69) is 60.1 Å². The van der Waals surface area contributed by atoms with Crippen molar-refractivity contribution in [1.82, 2.24) is 9.80 Å². The van der Waals surface area contributed by atoms with Crippen molar-refractivity contribution in [1.29, 1.82) is 0 Å². The molecule has 0 radical (unpaired) electrons. The molecule has 5 nitrogen and oxygen atoms in total. The van der Waals surface area contributed by atoms with Crippen molar-refractivity contribution in [3.05, 3.63) is 89.5 Å². The molecule has 1 heterocycles. The maximum absolute atomic E-state index is 13.5. The number of likely N-dealkylation sites (N-methyl/N-ethyl adjacent to an activating group) is 1. The summed E-state index contributed by atoms with van der Waals surface area (Å²) in [6, 6.07) is 22.5. The summed E-state index contributed by atoms with van der Waals surface area (Å²) >= 11 is 0. The van der Waals surface area contributed by atoms with Crippen molar-refractivity contribution in [2.75, 3.05) is 59.3 Å². The second kappa shape index (κ2) is 12.0. The molecule has 0 unspecified atom stereocenters. The quantitative estimate of drug-likeness (QED) is 0.314. The number of hydrogen-bond donors (Lipinski definition) is 0. The molecule has 1 saturated heterocycles. The summed E-state index contributed by atoms with van der Waals surface area (Å²) in [6.07, 6.45) is 4.70. The van der Waals surface area contributed by atoms with Crippen molar-refractivity contribution >= 4 is 17.5 Å².